The van der Waals surface area contributed by atoms with Gasteiger partial charge in [-0.1, -0.05) is 11.6 Å². The second-order valence-electron chi connectivity index (χ2n) is 4.48. The molecule has 0 aliphatic carbocycles. The molecule has 0 saturated heterocycles. The van der Waals surface area contributed by atoms with Crippen molar-refractivity contribution in [3.05, 3.63) is 57.6 Å². The first-order valence-electron chi connectivity index (χ1n) is 5.93. The highest BCUT2D eigenvalue weighted by atomic mass is 35.5. The second-order valence-corrected chi connectivity index (χ2v) is 5.30. The maximum atomic E-state index is 6.06. The summed E-state index contributed by atoms with van der Waals surface area (Å²) >= 11 is 11.4. The molecule has 0 radical (unpaired) electrons. The molecule has 1 aromatic carbocycles. The van der Waals surface area contributed by atoms with Crippen LogP contribution in [0.3, 0.4) is 0 Å². The molecule has 19 heavy (non-hydrogen) atoms. The van der Waals surface area contributed by atoms with Gasteiger partial charge in [0, 0.05) is 17.4 Å². The van der Waals surface area contributed by atoms with Gasteiger partial charge in [0.1, 0.15) is 0 Å². The predicted octanol–water partition coefficient (Wildman–Crippen LogP) is 4.10. The van der Waals surface area contributed by atoms with Gasteiger partial charge in [0.15, 0.2) is 4.77 Å². The number of fused-ring (bicyclic) bond motifs is 1. The largest absolute Gasteiger partial charge is 0.331 e. The Morgan fingerprint density at radius 1 is 1.37 bits per heavy atom. The van der Waals surface area contributed by atoms with E-state index < -0.39 is 0 Å². The van der Waals surface area contributed by atoms with E-state index in [0.717, 1.165) is 16.6 Å². The summed E-state index contributed by atoms with van der Waals surface area (Å²) < 4.78 is 2.74. The number of aryl methyl sites for hydroxylation is 1. The summed E-state index contributed by atoms with van der Waals surface area (Å²) in [6, 6.07) is 7.73. The molecule has 3 nitrogen and oxygen atoms in total. The van der Waals surface area contributed by atoms with E-state index >= 15 is 0 Å². The summed E-state index contributed by atoms with van der Waals surface area (Å²) in [5.74, 6) is 0. The van der Waals surface area contributed by atoms with Gasteiger partial charge >= 0.3 is 0 Å². The minimum Gasteiger partial charge on any atom is -0.331 e. The predicted molar refractivity (Wildman–Crippen MR) is 80.2 cm³/mol. The number of nitrogens with one attached hydrogen (secondary N) is 1. The Kier molecular flexibility index (Phi) is 3.12. The van der Waals surface area contributed by atoms with E-state index in [1.54, 1.807) is 6.20 Å². The summed E-state index contributed by atoms with van der Waals surface area (Å²) in [6.07, 6.45) is 3.67. The first-order chi connectivity index (χ1) is 9.15. The molecule has 0 spiro atoms. The third-order valence-electron chi connectivity index (χ3n) is 3.21. The molecule has 2 heterocycles. The smallest absolute Gasteiger partial charge is 0.178 e. The molecule has 0 fully saturated rings. The van der Waals surface area contributed by atoms with Crippen molar-refractivity contribution in [3.63, 3.8) is 0 Å². The van der Waals surface area contributed by atoms with Gasteiger partial charge in [-0.25, -0.2) is 0 Å². The van der Waals surface area contributed by atoms with Gasteiger partial charge in [-0.05, 0) is 54.5 Å². The van der Waals surface area contributed by atoms with Gasteiger partial charge in [-0.2, -0.15) is 0 Å². The van der Waals surface area contributed by atoms with Crippen molar-refractivity contribution >= 4 is 34.9 Å². The lowest BCUT2D eigenvalue weighted by Gasteiger charge is -2.07. The monoisotopic (exact) mass is 289 g/mol. The van der Waals surface area contributed by atoms with Gasteiger partial charge in [0.05, 0.1) is 17.6 Å². The fraction of sp³-hybridized carbons (Fsp3) is 0.143. The SMILES string of the molecule is Cc1ccncc1Cn1c(=S)[nH]c2ccc(Cl)cc21. The number of aromatic amines is 1. The Hall–Kier alpha value is -1.65. The van der Waals surface area contributed by atoms with Gasteiger partial charge in [-0.15, -0.1) is 0 Å². The van der Waals surface area contributed by atoms with Crippen LogP contribution < -0.4 is 0 Å². The highest BCUT2D eigenvalue weighted by Gasteiger charge is 2.07. The molecule has 0 saturated carbocycles. The van der Waals surface area contributed by atoms with E-state index in [1.165, 1.54) is 5.56 Å². The maximum absolute atomic E-state index is 6.06. The lowest BCUT2D eigenvalue weighted by Crippen LogP contribution is -2.02. The van der Waals surface area contributed by atoms with Crippen LogP contribution in [0.25, 0.3) is 11.0 Å². The average molecular weight is 290 g/mol. The summed E-state index contributed by atoms with van der Waals surface area (Å²) in [4.78, 5) is 7.36. The van der Waals surface area contributed by atoms with Crippen molar-refractivity contribution in [3.8, 4) is 0 Å². The molecule has 5 heteroatoms. The van der Waals surface area contributed by atoms with Crippen LogP contribution in [-0.4, -0.2) is 14.5 Å². The van der Waals surface area contributed by atoms with Gasteiger partial charge in [0.2, 0.25) is 0 Å². The number of benzene rings is 1. The van der Waals surface area contributed by atoms with Crippen LogP contribution in [0.15, 0.2) is 36.7 Å². The molecule has 3 aromatic rings. The summed E-state index contributed by atoms with van der Waals surface area (Å²) in [6.45, 7) is 2.77. The second kappa shape index (κ2) is 4.79. The molecule has 0 bridgehead atoms. The summed E-state index contributed by atoms with van der Waals surface area (Å²) in [7, 11) is 0. The molecule has 0 aliphatic rings. The Morgan fingerprint density at radius 3 is 3.00 bits per heavy atom. The van der Waals surface area contributed by atoms with E-state index in [1.807, 2.05) is 35.0 Å². The zero-order valence-electron chi connectivity index (χ0n) is 10.4. The van der Waals surface area contributed by atoms with Crippen LogP contribution in [0, 0.1) is 11.7 Å². The standard InChI is InChI=1S/C14H12ClN3S/c1-9-4-5-16-7-10(9)8-18-13-6-11(15)2-3-12(13)17-14(18)19/h2-7H,8H2,1H3,(H,17,19). The van der Waals surface area contributed by atoms with E-state index in [4.69, 9.17) is 23.8 Å². The van der Waals surface area contributed by atoms with E-state index in [9.17, 15) is 0 Å². The van der Waals surface area contributed by atoms with Crippen LogP contribution >= 0.6 is 23.8 Å². The van der Waals surface area contributed by atoms with Crippen LogP contribution in [0.5, 0.6) is 0 Å². The first kappa shape index (κ1) is 12.4. The first-order valence-corrected chi connectivity index (χ1v) is 6.71. The summed E-state index contributed by atoms with van der Waals surface area (Å²) in [5.41, 5.74) is 4.37. The molecule has 0 atom stereocenters. The molecule has 96 valence electrons. The van der Waals surface area contributed by atoms with Crippen molar-refractivity contribution in [2.45, 2.75) is 13.5 Å². The Morgan fingerprint density at radius 2 is 2.21 bits per heavy atom. The Balaban J connectivity index is 2.15. The van der Waals surface area contributed by atoms with E-state index in [2.05, 4.69) is 16.9 Å². The Labute approximate surface area is 120 Å². The fourth-order valence-corrected chi connectivity index (χ4v) is 2.55. The van der Waals surface area contributed by atoms with Gasteiger partial charge in [0.25, 0.3) is 0 Å². The molecular weight excluding hydrogens is 278 g/mol. The molecule has 0 amide bonds. The topological polar surface area (TPSA) is 33.6 Å². The van der Waals surface area contributed by atoms with Crippen LogP contribution in [0.2, 0.25) is 5.02 Å². The number of rotatable bonds is 2. The van der Waals surface area contributed by atoms with Crippen molar-refractivity contribution < 1.29 is 0 Å². The molecule has 2 aromatic heterocycles. The average Bonchev–Trinajstić information content (AvgIpc) is 2.69. The van der Waals surface area contributed by atoms with Crippen molar-refractivity contribution in [2.75, 3.05) is 0 Å². The van der Waals surface area contributed by atoms with Gasteiger partial charge < -0.3 is 9.55 Å². The lowest BCUT2D eigenvalue weighted by atomic mass is 10.1. The number of nitrogens with zero attached hydrogens (tertiary/aromatic N) is 2. The number of halogens is 1. The van der Waals surface area contributed by atoms with Crippen LogP contribution in [0.1, 0.15) is 11.1 Å². The third-order valence-corrected chi connectivity index (χ3v) is 3.77. The number of hydrogen-bond donors (Lipinski definition) is 1. The normalized spacial score (nSPS) is 11.1. The number of aromatic nitrogens is 3. The number of H-pyrrole nitrogens is 1. The number of imidazole rings is 1. The summed E-state index contributed by atoms with van der Waals surface area (Å²) in [5, 5.41) is 0.707. The zero-order valence-corrected chi connectivity index (χ0v) is 11.9. The Bertz CT molecular complexity index is 804. The zero-order chi connectivity index (χ0) is 13.4. The highest BCUT2D eigenvalue weighted by molar-refractivity contribution is 7.71. The maximum Gasteiger partial charge on any atom is 0.178 e. The van der Waals surface area contributed by atoms with E-state index in [-0.39, 0.29) is 0 Å². The number of hydrogen-bond acceptors (Lipinski definition) is 2. The third kappa shape index (κ3) is 2.29. The number of pyridine rings is 1. The molecule has 0 unspecified atom stereocenters. The van der Waals surface area contributed by atoms with Gasteiger partial charge in [-0.3, -0.25) is 4.98 Å². The molecular formula is C14H12ClN3S. The lowest BCUT2D eigenvalue weighted by molar-refractivity contribution is 0.800. The van der Waals surface area contributed by atoms with Crippen LogP contribution in [0.4, 0.5) is 0 Å². The minimum atomic E-state index is 0.693. The van der Waals surface area contributed by atoms with E-state index in [0.29, 0.717) is 16.3 Å². The molecule has 1 N–H and O–H groups in total. The molecule has 3 rings (SSSR count). The van der Waals surface area contributed by atoms with Crippen molar-refractivity contribution in [2.24, 2.45) is 0 Å². The quantitative estimate of drug-likeness (QED) is 0.721. The minimum absolute atomic E-state index is 0.693. The van der Waals surface area contributed by atoms with Crippen molar-refractivity contribution in [1.29, 1.82) is 0 Å². The molecule has 0 aliphatic heterocycles. The van der Waals surface area contributed by atoms with Crippen LogP contribution in [-0.2, 0) is 6.54 Å². The fourth-order valence-electron chi connectivity index (χ4n) is 2.12. The van der Waals surface area contributed by atoms with Crippen molar-refractivity contribution in [1.82, 2.24) is 14.5 Å². The highest BCUT2D eigenvalue weighted by Crippen LogP contribution is 2.20.